The highest BCUT2D eigenvalue weighted by Crippen LogP contribution is 2.21. The van der Waals surface area contributed by atoms with Gasteiger partial charge >= 0.3 is 5.97 Å². The topological polar surface area (TPSA) is 72.0 Å². The van der Waals surface area contributed by atoms with Crippen LogP contribution in [0.3, 0.4) is 0 Å². The van der Waals surface area contributed by atoms with E-state index in [1.165, 1.54) is 5.56 Å². The summed E-state index contributed by atoms with van der Waals surface area (Å²) in [5, 5.41) is 6.47. The van der Waals surface area contributed by atoms with Crippen LogP contribution in [0.1, 0.15) is 44.7 Å². The van der Waals surface area contributed by atoms with Crippen molar-refractivity contribution in [2.75, 3.05) is 20.2 Å². The Balaban J connectivity index is 2.48. The van der Waals surface area contributed by atoms with Crippen molar-refractivity contribution in [2.24, 2.45) is 4.99 Å². The normalized spacial score (nSPS) is 11.4. The highest BCUT2D eigenvalue weighted by Gasteiger charge is 2.08. The number of esters is 1. The second-order valence-electron chi connectivity index (χ2n) is 6.04. The Bertz CT molecular complexity index is 571. The van der Waals surface area contributed by atoms with Crippen molar-refractivity contribution in [1.82, 2.24) is 10.6 Å². The number of ether oxygens (including phenoxy) is 2. The number of benzene rings is 1. The number of guanidine groups is 1. The number of aliphatic imine (C=N–C) groups is 1. The number of carbonyl (C=O) groups excluding carboxylic acids is 1. The molecule has 1 aromatic rings. The van der Waals surface area contributed by atoms with Gasteiger partial charge in [-0.15, -0.1) is 0 Å². The van der Waals surface area contributed by atoms with Crippen LogP contribution < -0.4 is 15.4 Å². The van der Waals surface area contributed by atoms with Crippen molar-refractivity contribution in [3.63, 3.8) is 0 Å². The van der Waals surface area contributed by atoms with Gasteiger partial charge in [0, 0.05) is 32.1 Å². The van der Waals surface area contributed by atoms with Crippen molar-refractivity contribution in [3.8, 4) is 5.75 Å². The summed E-state index contributed by atoms with van der Waals surface area (Å²) in [6.07, 6.45) is 1.23. The molecule has 0 spiro atoms. The fraction of sp³-hybridized carbons (Fsp3) is 0.579. The zero-order valence-corrected chi connectivity index (χ0v) is 16.0. The van der Waals surface area contributed by atoms with Gasteiger partial charge in [0.05, 0.1) is 12.7 Å². The lowest BCUT2D eigenvalue weighted by molar-refractivity contribution is -0.143. The molecular formula is C19H31N3O3. The lowest BCUT2D eigenvalue weighted by Crippen LogP contribution is -2.37. The summed E-state index contributed by atoms with van der Waals surface area (Å²) < 4.78 is 10.8. The fourth-order valence-corrected chi connectivity index (χ4v) is 2.24. The van der Waals surface area contributed by atoms with E-state index in [9.17, 15) is 4.79 Å². The quantitative estimate of drug-likeness (QED) is 0.310. The van der Waals surface area contributed by atoms with E-state index >= 15 is 0 Å². The third-order valence-corrected chi connectivity index (χ3v) is 3.41. The summed E-state index contributed by atoms with van der Waals surface area (Å²) in [5.74, 6) is 1.42. The first-order chi connectivity index (χ1) is 12.0. The summed E-state index contributed by atoms with van der Waals surface area (Å²) >= 11 is 0. The number of rotatable bonds is 9. The maximum atomic E-state index is 11.3. The van der Waals surface area contributed by atoms with Gasteiger partial charge < -0.3 is 20.1 Å². The van der Waals surface area contributed by atoms with Gasteiger partial charge in [-0.3, -0.25) is 9.79 Å². The fourth-order valence-electron chi connectivity index (χ4n) is 2.24. The molecule has 6 nitrogen and oxygen atoms in total. The van der Waals surface area contributed by atoms with Crippen LogP contribution in [0.5, 0.6) is 5.75 Å². The molecule has 0 radical (unpaired) electrons. The summed E-state index contributed by atoms with van der Waals surface area (Å²) in [7, 11) is 1.72. The van der Waals surface area contributed by atoms with Crippen molar-refractivity contribution < 1.29 is 14.3 Å². The lowest BCUT2D eigenvalue weighted by atomic mass is 10.1. The molecule has 25 heavy (non-hydrogen) atoms. The van der Waals surface area contributed by atoms with Crippen LogP contribution in [0.4, 0.5) is 0 Å². The van der Waals surface area contributed by atoms with Gasteiger partial charge in [-0.2, -0.15) is 0 Å². The van der Waals surface area contributed by atoms with Crippen LogP contribution >= 0.6 is 0 Å². The number of aryl methyl sites for hydroxylation is 1. The largest absolute Gasteiger partial charge is 0.491 e. The number of nitrogens with one attached hydrogen (secondary N) is 2. The van der Waals surface area contributed by atoms with E-state index in [1.807, 2.05) is 26.8 Å². The minimum atomic E-state index is -0.164. The van der Waals surface area contributed by atoms with Crippen LogP contribution in [0.2, 0.25) is 0 Å². The molecule has 0 aromatic heterocycles. The van der Waals surface area contributed by atoms with Crippen molar-refractivity contribution in [2.45, 2.75) is 53.2 Å². The molecule has 0 amide bonds. The molecular weight excluding hydrogens is 318 g/mol. The van der Waals surface area contributed by atoms with E-state index in [2.05, 4.69) is 34.7 Å². The number of hydrogen-bond acceptors (Lipinski definition) is 4. The zero-order valence-electron chi connectivity index (χ0n) is 16.0. The molecule has 0 fully saturated rings. The Morgan fingerprint density at radius 3 is 2.68 bits per heavy atom. The predicted octanol–water partition coefficient (Wildman–Crippen LogP) is 2.79. The third kappa shape index (κ3) is 8.42. The Hall–Kier alpha value is -2.24. The molecule has 0 saturated heterocycles. The van der Waals surface area contributed by atoms with Gasteiger partial charge in [0.15, 0.2) is 5.96 Å². The first-order valence-corrected chi connectivity index (χ1v) is 8.82. The second kappa shape index (κ2) is 11.3. The van der Waals surface area contributed by atoms with E-state index in [1.54, 1.807) is 7.05 Å². The van der Waals surface area contributed by atoms with Gasteiger partial charge in [0.2, 0.25) is 0 Å². The third-order valence-electron chi connectivity index (χ3n) is 3.41. The molecule has 0 aliphatic rings. The van der Waals surface area contributed by atoms with E-state index < -0.39 is 0 Å². The maximum Gasteiger partial charge on any atom is 0.305 e. The first kappa shape index (κ1) is 20.8. The summed E-state index contributed by atoms with van der Waals surface area (Å²) in [4.78, 5) is 15.5. The van der Waals surface area contributed by atoms with E-state index in [0.29, 0.717) is 38.5 Å². The van der Waals surface area contributed by atoms with E-state index in [4.69, 9.17) is 9.47 Å². The van der Waals surface area contributed by atoms with E-state index in [-0.39, 0.29) is 12.1 Å². The van der Waals surface area contributed by atoms with Crippen LogP contribution in [-0.2, 0) is 16.1 Å². The minimum absolute atomic E-state index is 0.126. The van der Waals surface area contributed by atoms with E-state index in [0.717, 1.165) is 11.3 Å². The lowest BCUT2D eigenvalue weighted by Gasteiger charge is -2.17. The number of nitrogens with zero attached hydrogens (tertiary/aromatic N) is 1. The molecule has 0 aliphatic carbocycles. The minimum Gasteiger partial charge on any atom is -0.491 e. The Labute approximate surface area is 151 Å². The van der Waals surface area contributed by atoms with Crippen molar-refractivity contribution >= 4 is 11.9 Å². The van der Waals surface area contributed by atoms with Gasteiger partial charge in [0.25, 0.3) is 0 Å². The Morgan fingerprint density at radius 2 is 2.04 bits per heavy atom. The molecule has 0 aliphatic heterocycles. The van der Waals surface area contributed by atoms with Gasteiger partial charge in [-0.25, -0.2) is 0 Å². The summed E-state index contributed by atoms with van der Waals surface area (Å²) in [6.45, 7) is 9.58. The second-order valence-corrected chi connectivity index (χ2v) is 6.04. The molecule has 140 valence electrons. The smallest absolute Gasteiger partial charge is 0.305 e. The average molecular weight is 349 g/mol. The number of carbonyl (C=O) groups is 1. The number of hydrogen-bond donors (Lipinski definition) is 2. The van der Waals surface area contributed by atoms with Gasteiger partial charge in [-0.1, -0.05) is 12.1 Å². The molecule has 2 N–H and O–H groups in total. The van der Waals surface area contributed by atoms with Crippen LogP contribution in [0.25, 0.3) is 0 Å². The summed E-state index contributed by atoms with van der Waals surface area (Å²) in [5.41, 5.74) is 2.25. The maximum absolute atomic E-state index is 11.3. The first-order valence-electron chi connectivity index (χ1n) is 8.82. The predicted molar refractivity (Wildman–Crippen MR) is 101 cm³/mol. The monoisotopic (exact) mass is 349 g/mol. The molecule has 1 aromatic carbocycles. The molecule has 0 atom stereocenters. The van der Waals surface area contributed by atoms with Crippen LogP contribution in [0.15, 0.2) is 23.2 Å². The molecule has 6 heteroatoms. The van der Waals surface area contributed by atoms with Crippen molar-refractivity contribution in [1.29, 1.82) is 0 Å². The standard InChI is InChI=1S/C19H31N3O3/c1-6-24-18(23)8-7-11-21-19(20-5)22-13-16-10-9-15(4)12-17(16)25-14(2)3/h9-10,12,14H,6-8,11,13H2,1-5H3,(H2,20,21,22). The molecule has 0 bridgehead atoms. The SMILES string of the molecule is CCOC(=O)CCCNC(=NC)NCc1ccc(C)cc1OC(C)C. The van der Waals surface area contributed by atoms with Gasteiger partial charge in [0.1, 0.15) is 5.75 Å². The molecule has 0 saturated carbocycles. The van der Waals surface area contributed by atoms with Crippen LogP contribution in [0, 0.1) is 6.92 Å². The highest BCUT2D eigenvalue weighted by molar-refractivity contribution is 5.79. The molecule has 0 unspecified atom stereocenters. The molecule has 1 rings (SSSR count). The average Bonchev–Trinajstić information content (AvgIpc) is 2.55. The summed E-state index contributed by atoms with van der Waals surface area (Å²) in [6, 6.07) is 6.18. The molecule has 0 heterocycles. The zero-order chi connectivity index (χ0) is 18.7. The highest BCUT2D eigenvalue weighted by atomic mass is 16.5. The Morgan fingerprint density at radius 1 is 1.28 bits per heavy atom. The van der Waals surface area contributed by atoms with Gasteiger partial charge in [-0.05, 0) is 45.7 Å². The Kier molecular flexibility index (Phi) is 9.43. The van der Waals surface area contributed by atoms with Crippen molar-refractivity contribution in [3.05, 3.63) is 29.3 Å². The van der Waals surface area contributed by atoms with Crippen LogP contribution in [-0.4, -0.2) is 38.2 Å².